The van der Waals surface area contributed by atoms with Crippen molar-refractivity contribution < 1.29 is 9.18 Å². The van der Waals surface area contributed by atoms with Crippen LogP contribution in [0.1, 0.15) is 45.2 Å². The Balaban J connectivity index is 2.02. The van der Waals surface area contributed by atoms with E-state index in [1.54, 1.807) is 12.1 Å². The van der Waals surface area contributed by atoms with Gasteiger partial charge in [-0.15, -0.1) is 0 Å². The lowest BCUT2D eigenvalue weighted by Gasteiger charge is -2.24. The van der Waals surface area contributed by atoms with E-state index in [0.29, 0.717) is 5.92 Å². The molecule has 1 saturated carbocycles. The molecule has 2 atom stereocenters. The average Bonchev–Trinajstić information content (AvgIpc) is 3.20. The summed E-state index contributed by atoms with van der Waals surface area (Å²) in [6.45, 7) is 5.77. The normalized spacial score (nSPS) is 17.9. The van der Waals surface area contributed by atoms with Gasteiger partial charge in [0.1, 0.15) is 5.82 Å². The Morgan fingerprint density at radius 2 is 1.80 bits per heavy atom. The van der Waals surface area contributed by atoms with Crippen molar-refractivity contribution in [3.05, 3.63) is 35.6 Å². The van der Waals surface area contributed by atoms with Gasteiger partial charge in [-0.25, -0.2) is 4.39 Å². The molecule has 20 heavy (non-hydrogen) atoms. The van der Waals surface area contributed by atoms with Gasteiger partial charge in [0.05, 0.1) is 6.04 Å². The second-order valence-electron chi connectivity index (χ2n) is 5.92. The summed E-state index contributed by atoms with van der Waals surface area (Å²) in [4.78, 5) is 12.0. The van der Waals surface area contributed by atoms with Crippen LogP contribution in [0.25, 0.3) is 0 Å². The SMILES string of the molecule is CC(C)NC(=O)C(C)NC(c1ccc(F)cc1)C1CC1. The van der Waals surface area contributed by atoms with Crippen molar-refractivity contribution in [3.63, 3.8) is 0 Å². The molecule has 1 amide bonds. The smallest absolute Gasteiger partial charge is 0.237 e. The van der Waals surface area contributed by atoms with Gasteiger partial charge < -0.3 is 5.32 Å². The zero-order valence-corrected chi connectivity index (χ0v) is 12.3. The third-order valence-corrected chi connectivity index (χ3v) is 3.58. The van der Waals surface area contributed by atoms with Crippen LogP contribution in [-0.2, 0) is 4.79 Å². The maximum Gasteiger partial charge on any atom is 0.237 e. The van der Waals surface area contributed by atoms with Crippen LogP contribution in [0.2, 0.25) is 0 Å². The van der Waals surface area contributed by atoms with E-state index in [1.807, 2.05) is 20.8 Å². The number of halogens is 1. The summed E-state index contributed by atoms with van der Waals surface area (Å²) < 4.78 is 13.0. The van der Waals surface area contributed by atoms with Crippen LogP contribution < -0.4 is 10.6 Å². The standard InChI is InChI=1S/C16H23FN2O/c1-10(2)18-16(20)11(3)19-15(12-4-5-12)13-6-8-14(17)9-7-13/h6-12,15,19H,4-5H2,1-3H3,(H,18,20). The van der Waals surface area contributed by atoms with Crippen LogP contribution >= 0.6 is 0 Å². The Labute approximate surface area is 120 Å². The molecule has 1 aromatic carbocycles. The minimum absolute atomic E-state index is 0.00719. The molecule has 4 heteroatoms. The minimum atomic E-state index is -0.256. The minimum Gasteiger partial charge on any atom is -0.353 e. The van der Waals surface area contributed by atoms with Gasteiger partial charge in [0.25, 0.3) is 0 Å². The van der Waals surface area contributed by atoms with Gasteiger partial charge >= 0.3 is 0 Å². The highest BCUT2D eigenvalue weighted by Crippen LogP contribution is 2.41. The Morgan fingerprint density at radius 3 is 2.30 bits per heavy atom. The number of carbonyl (C=O) groups excluding carboxylic acids is 1. The van der Waals surface area contributed by atoms with E-state index >= 15 is 0 Å². The Morgan fingerprint density at radius 1 is 1.20 bits per heavy atom. The van der Waals surface area contributed by atoms with Gasteiger partial charge in [-0.2, -0.15) is 0 Å². The third-order valence-electron chi connectivity index (χ3n) is 3.58. The topological polar surface area (TPSA) is 41.1 Å². The molecule has 110 valence electrons. The van der Waals surface area contributed by atoms with Crippen LogP contribution in [0, 0.1) is 11.7 Å². The van der Waals surface area contributed by atoms with Gasteiger partial charge in [0.2, 0.25) is 5.91 Å². The number of nitrogens with one attached hydrogen (secondary N) is 2. The number of carbonyl (C=O) groups is 1. The van der Waals surface area contributed by atoms with Crippen molar-refractivity contribution in [2.45, 2.75) is 51.7 Å². The van der Waals surface area contributed by atoms with Gasteiger partial charge in [0, 0.05) is 12.1 Å². The van der Waals surface area contributed by atoms with E-state index in [-0.39, 0.29) is 29.8 Å². The van der Waals surface area contributed by atoms with Crippen LogP contribution in [0.3, 0.4) is 0 Å². The molecule has 0 saturated heterocycles. The van der Waals surface area contributed by atoms with E-state index in [0.717, 1.165) is 18.4 Å². The molecular weight excluding hydrogens is 255 g/mol. The van der Waals surface area contributed by atoms with E-state index < -0.39 is 0 Å². The van der Waals surface area contributed by atoms with E-state index in [1.165, 1.54) is 12.1 Å². The molecular formula is C16H23FN2O. The maximum atomic E-state index is 13.0. The Hall–Kier alpha value is -1.42. The van der Waals surface area contributed by atoms with E-state index in [2.05, 4.69) is 10.6 Å². The van der Waals surface area contributed by atoms with Gasteiger partial charge in [0.15, 0.2) is 0 Å². The molecule has 0 bridgehead atoms. The highest BCUT2D eigenvalue weighted by molar-refractivity contribution is 5.81. The molecule has 0 radical (unpaired) electrons. The molecule has 0 spiro atoms. The molecule has 1 fully saturated rings. The number of amides is 1. The summed E-state index contributed by atoms with van der Waals surface area (Å²) >= 11 is 0. The lowest BCUT2D eigenvalue weighted by molar-refractivity contribution is -0.123. The fourth-order valence-electron chi connectivity index (χ4n) is 2.36. The predicted octanol–water partition coefficient (Wildman–Crippen LogP) is 2.78. The molecule has 0 heterocycles. The second-order valence-corrected chi connectivity index (χ2v) is 5.92. The summed E-state index contributed by atoms with van der Waals surface area (Å²) in [7, 11) is 0. The largest absolute Gasteiger partial charge is 0.353 e. The lowest BCUT2D eigenvalue weighted by Crippen LogP contribution is -2.46. The number of benzene rings is 1. The number of hydrogen-bond donors (Lipinski definition) is 2. The van der Waals surface area contributed by atoms with Crippen LogP contribution in [0.4, 0.5) is 4.39 Å². The summed E-state index contributed by atoms with van der Waals surface area (Å²) in [5, 5.41) is 6.29. The van der Waals surface area contributed by atoms with E-state index in [4.69, 9.17) is 0 Å². The first-order chi connectivity index (χ1) is 9.47. The molecule has 2 rings (SSSR count). The van der Waals surface area contributed by atoms with Crippen LogP contribution in [-0.4, -0.2) is 18.0 Å². The average molecular weight is 278 g/mol. The zero-order chi connectivity index (χ0) is 14.7. The second kappa shape index (κ2) is 6.35. The zero-order valence-electron chi connectivity index (χ0n) is 12.3. The maximum absolute atomic E-state index is 13.0. The molecule has 3 nitrogen and oxygen atoms in total. The first-order valence-electron chi connectivity index (χ1n) is 7.29. The monoisotopic (exact) mass is 278 g/mol. The van der Waals surface area contributed by atoms with Gasteiger partial charge in [-0.1, -0.05) is 12.1 Å². The molecule has 2 unspecified atom stereocenters. The molecule has 1 aliphatic rings. The third kappa shape index (κ3) is 4.04. The van der Waals surface area contributed by atoms with Crippen molar-refractivity contribution in [1.29, 1.82) is 0 Å². The van der Waals surface area contributed by atoms with Crippen molar-refractivity contribution in [1.82, 2.24) is 10.6 Å². The fraction of sp³-hybridized carbons (Fsp3) is 0.562. The first kappa shape index (κ1) is 15.0. The van der Waals surface area contributed by atoms with Crippen molar-refractivity contribution in [3.8, 4) is 0 Å². The van der Waals surface area contributed by atoms with Crippen LogP contribution in [0.5, 0.6) is 0 Å². The highest BCUT2D eigenvalue weighted by atomic mass is 19.1. The number of hydrogen-bond acceptors (Lipinski definition) is 2. The van der Waals surface area contributed by atoms with Crippen molar-refractivity contribution in [2.75, 3.05) is 0 Å². The van der Waals surface area contributed by atoms with E-state index in [9.17, 15) is 9.18 Å². The predicted molar refractivity (Wildman–Crippen MR) is 77.7 cm³/mol. The van der Waals surface area contributed by atoms with Crippen LogP contribution in [0.15, 0.2) is 24.3 Å². The fourth-order valence-corrected chi connectivity index (χ4v) is 2.36. The summed E-state index contributed by atoms with van der Waals surface area (Å²) in [6.07, 6.45) is 2.32. The van der Waals surface area contributed by atoms with Gasteiger partial charge in [-0.05, 0) is 57.2 Å². The Bertz CT molecular complexity index is 454. The highest BCUT2D eigenvalue weighted by Gasteiger charge is 2.34. The lowest BCUT2D eigenvalue weighted by atomic mass is 10.0. The Kier molecular flexibility index (Phi) is 4.76. The molecule has 0 aromatic heterocycles. The molecule has 1 aliphatic carbocycles. The number of rotatable bonds is 6. The summed E-state index contributed by atoms with van der Waals surface area (Å²) in [6, 6.07) is 6.57. The molecule has 1 aromatic rings. The van der Waals surface area contributed by atoms with Gasteiger partial charge in [-0.3, -0.25) is 10.1 Å². The quantitative estimate of drug-likeness (QED) is 0.840. The summed E-state index contributed by atoms with van der Waals surface area (Å²) in [5.41, 5.74) is 1.05. The summed E-state index contributed by atoms with van der Waals surface area (Å²) in [5.74, 6) is 0.330. The molecule has 0 aliphatic heterocycles. The van der Waals surface area contributed by atoms with Crippen molar-refractivity contribution in [2.24, 2.45) is 5.92 Å². The first-order valence-corrected chi connectivity index (χ1v) is 7.29. The molecule has 2 N–H and O–H groups in total. The van der Waals surface area contributed by atoms with Crippen molar-refractivity contribution >= 4 is 5.91 Å².